The normalized spacial score (nSPS) is 11.8. The van der Waals surface area contributed by atoms with Crippen LogP contribution in [0.4, 0.5) is 17.1 Å². The van der Waals surface area contributed by atoms with Gasteiger partial charge >= 0.3 is 0 Å². The van der Waals surface area contributed by atoms with Crippen molar-refractivity contribution in [3.05, 3.63) is 164 Å². The van der Waals surface area contributed by atoms with Gasteiger partial charge in [0.1, 0.15) is 22.3 Å². The number of furan rings is 2. The zero-order valence-corrected chi connectivity index (χ0v) is 25.4. The fourth-order valence-electron chi connectivity index (χ4n) is 7.20. The Bertz CT molecular complexity index is 2820. The van der Waals surface area contributed by atoms with E-state index < -0.39 is 0 Å². The summed E-state index contributed by atoms with van der Waals surface area (Å²) in [5.41, 5.74) is 9.03. The van der Waals surface area contributed by atoms with E-state index in [0.29, 0.717) is 0 Å². The molecular formula is C44H27NO2. The number of nitrogens with zero attached hydrogens (tertiary/aromatic N) is 1. The Hall–Kier alpha value is -6.32. The van der Waals surface area contributed by atoms with E-state index >= 15 is 0 Å². The molecule has 0 radical (unpaired) electrons. The summed E-state index contributed by atoms with van der Waals surface area (Å²) in [4.78, 5) is 2.36. The highest BCUT2D eigenvalue weighted by atomic mass is 16.3. The predicted octanol–water partition coefficient (Wildman–Crippen LogP) is 12.9. The number of hydrogen-bond donors (Lipinski definition) is 0. The fraction of sp³-hybridized carbons (Fsp3) is 0. The quantitative estimate of drug-likeness (QED) is 0.201. The number of rotatable bonds is 4. The van der Waals surface area contributed by atoms with Gasteiger partial charge in [-0.25, -0.2) is 0 Å². The first-order valence-electron chi connectivity index (χ1n) is 15.9. The maximum Gasteiger partial charge on any atom is 0.143 e. The fourth-order valence-corrected chi connectivity index (χ4v) is 7.20. The van der Waals surface area contributed by atoms with Crippen LogP contribution in [0.1, 0.15) is 0 Å². The van der Waals surface area contributed by atoms with E-state index in [1.54, 1.807) is 0 Å². The van der Waals surface area contributed by atoms with Crippen LogP contribution < -0.4 is 4.90 Å². The van der Waals surface area contributed by atoms with Gasteiger partial charge in [0.15, 0.2) is 0 Å². The predicted molar refractivity (Wildman–Crippen MR) is 196 cm³/mol. The molecule has 220 valence electrons. The van der Waals surface area contributed by atoms with Crippen LogP contribution in [0.2, 0.25) is 0 Å². The Labute approximate surface area is 270 Å². The lowest BCUT2D eigenvalue weighted by Gasteiger charge is -2.27. The topological polar surface area (TPSA) is 29.5 Å². The molecule has 47 heavy (non-hydrogen) atoms. The zero-order chi connectivity index (χ0) is 30.9. The van der Waals surface area contributed by atoms with Crippen LogP contribution in [0.5, 0.6) is 0 Å². The van der Waals surface area contributed by atoms with Gasteiger partial charge in [0, 0.05) is 32.9 Å². The summed E-state index contributed by atoms with van der Waals surface area (Å²) < 4.78 is 12.9. The second-order valence-corrected chi connectivity index (χ2v) is 12.1. The van der Waals surface area contributed by atoms with Crippen LogP contribution in [-0.2, 0) is 0 Å². The smallest absolute Gasteiger partial charge is 0.143 e. The van der Waals surface area contributed by atoms with Gasteiger partial charge in [-0.15, -0.1) is 0 Å². The molecule has 0 saturated carbocycles. The largest absolute Gasteiger partial charge is 0.456 e. The highest BCUT2D eigenvalue weighted by molar-refractivity contribution is 6.20. The molecule has 0 aliphatic heterocycles. The highest BCUT2D eigenvalue weighted by Gasteiger charge is 2.21. The molecule has 10 rings (SSSR count). The summed E-state index contributed by atoms with van der Waals surface area (Å²) in [5, 5.41) is 9.12. The number of fused-ring (bicyclic) bond motifs is 9. The van der Waals surface area contributed by atoms with E-state index in [-0.39, 0.29) is 0 Å². The molecule has 0 spiro atoms. The number of benzene rings is 8. The van der Waals surface area contributed by atoms with Crippen molar-refractivity contribution in [2.24, 2.45) is 0 Å². The zero-order valence-electron chi connectivity index (χ0n) is 25.4. The minimum atomic E-state index is 0.861. The number of para-hydroxylation sites is 1. The van der Waals surface area contributed by atoms with E-state index in [1.807, 2.05) is 12.1 Å². The van der Waals surface area contributed by atoms with Crippen molar-refractivity contribution in [1.82, 2.24) is 0 Å². The third-order valence-electron chi connectivity index (χ3n) is 9.41. The summed E-state index contributed by atoms with van der Waals surface area (Å²) in [6, 6.07) is 58.0. The lowest BCUT2D eigenvalue weighted by atomic mass is 10.00. The molecule has 0 unspecified atom stereocenters. The summed E-state index contributed by atoms with van der Waals surface area (Å²) in [6.45, 7) is 0. The van der Waals surface area contributed by atoms with Gasteiger partial charge in [-0.1, -0.05) is 103 Å². The van der Waals surface area contributed by atoms with Gasteiger partial charge in [0.25, 0.3) is 0 Å². The molecule has 0 N–H and O–H groups in total. The summed E-state index contributed by atoms with van der Waals surface area (Å²) in [7, 11) is 0. The van der Waals surface area contributed by atoms with E-state index in [4.69, 9.17) is 8.83 Å². The van der Waals surface area contributed by atoms with Gasteiger partial charge < -0.3 is 13.7 Å². The van der Waals surface area contributed by atoms with E-state index in [9.17, 15) is 0 Å². The van der Waals surface area contributed by atoms with Crippen molar-refractivity contribution in [2.75, 3.05) is 4.90 Å². The molecular weight excluding hydrogens is 574 g/mol. The lowest BCUT2D eigenvalue weighted by molar-refractivity contribution is 0.669. The standard InChI is InChI=1S/C44H27NO2/c1-2-11-30-25-32(20-19-28(30)9-1)31-12-7-13-33(26-31)45(34-22-24-41-38(27-34)36-15-5-6-17-40(36)46-41)39-16-8-18-42-43(39)37-23-21-29-10-3-4-14-35(29)44(37)47-42/h1-27H. The van der Waals surface area contributed by atoms with Crippen LogP contribution in [0.25, 0.3) is 76.5 Å². The van der Waals surface area contributed by atoms with Gasteiger partial charge in [-0.2, -0.15) is 0 Å². The van der Waals surface area contributed by atoms with Crippen LogP contribution in [0.15, 0.2) is 173 Å². The second kappa shape index (κ2) is 10.1. The van der Waals surface area contributed by atoms with E-state index in [1.165, 1.54) is 16.3 Å². The minimum absolute atomic E-state index is 0.861. The van der Waals surface area contributed by atoms with Crippen molar-refractivity contribution in [2.45, 2.75) is 0 Å². The molecule has 2 aromatic heterocycles. The molecule has 0 atom stereocenters. The van der Waals surface area contributed by atoms with E-state index in [2.05, 4.69) is 157 Å². The van der Waals surface area contributed by atoms with Crippen molar-refractivity contribution in [3.8, 4) is 11.1 Å². The molecule has 0 fully saturated rings. The molecule has 2 heterocycles. The van der Waals surface area contributed by atoms with Gasteiger partial charge in [0.05, 0.1) is 11.1 Å². The van der Waals surface area contributed by atoms with Crippen LogP contribution in [-0.4, -0.2) is 0 Å². The second-order valence-electron chi connectivity index (χ2n) is 12.1. The Kier molecular flexibility index (Phi) is 5.57. The van der Waals surface area contributed by atoms with Gasteiger partial charge in [0.2, 0.25) is 0 Å². The van der Waals surface area contributed by atoms with Crippen LogP contribution in [0, 0.1) is 0 Å². The maximum atomic E-state index is 6.64. The molecule has 3 heteroatoms. The molecule has 0 amide bonds. The maximum absolute atomic E-state index is 6.64. The number of hydrogen-bond acceptors (Lipinski definition) is 3. The monoisotopic (exact) mass is 601 g/mol. The lowest BCUT2D eigenvalue weighted by Crippen LogP contribution is -2.10. The molecule has 0 aliphatic rings. The molecule has 3 nitrogen and oxygen atoms in total. The Morgan fingerprint density at radius 1 is 0.362 bits per heavy atom. The first kappa shape index (κ1) is 26.0. The number of anilines is 3. The molecule has 0 aliphatic carbocycles. The third-order valence-corrected chi connectivity index (χ3v) is 9.41. The van der Waals surface area contributed by atoms with Gasteiger partial charge in [-0.05, 0) is 87.9 Å². The Morgan fingerprint density at radius 2 is 1.06 bits per heavy atom. The van der Waals surface area contributed by atoms with Crippen molar-refractivity contribution in [3.63, 3.8) is 0 Å². The minimum Gasteiger partial charge on any atom is -0.456 e. The van der Waals surface area contributed by atoms with Crippen molar-refractivity contribution in [1.29, 1.82) is 0 Å². The molecule has 0 bridgehead atoms. The molecule has 10 aromatic rings. The average Bonchev–Trinajstić information content (AvgIpc) is 3.71. The van der Waals surface area contributed by atoms with E-state index in [0.717, 1.165) is 77.3 Å². The Balaban J connectivity index is 1.24. The summed E-state index contributed by atoms with van der Waals surface area (Å²) in [6.07, 6.45) is 0. The first-order chi connectivity index (χ1) is 23.3. The van der Waals surface area contributed by atoms with Crippen molar-refractivity contribution < 1.29 is 8.83 Å². The van der Waals surface area contributed by atoms with Crippen LogP contribution >= 0.6 is 0 Å². The third kappa shape index (κ3) is 4.07. The summed E-state index contributed by atoms with van der Waals surface area (Å²) >= 11 is 0. The first-order valence-corrected chi connectivity index (χ1v) is 15.9. The Morgan fingerprint density at radius 3 is 2.00 bits per heavy atom. The van der Waals surface area contributed by atoms with Crippen LogP contribution in [0.3, 0.4) is 0 Å². The molecule has 0 saturated heterocycles. The molecule has 8 aromatic carbocycles. The van der Waals surface area contributed by atoms with Gasteiger partial charge in [-0.3, -0.25) is 0 Å². The highest BCUT2D eigenvalue weighted by Crippen LogP contribution is 2.46. The SMILES string of the molecule is c1cc(-c2ccc3ccccc3c2)cc(N(c2ccc3oc4ccccc4c3c2)c2cccc3oc4c5ccccc5ccc4c23)c1. The summed E-state index contributed by atoms with van der Waals surface area (Å²) in [5.74, 6) is 0. The van der Waals surface area contributed by atoms with Crippen molar-refractivity contribution >= 4 is 82.5 Å². The average molecular weight is 602 g/mol.